The van der Waals surface area contributed by atoms with Crippen LogP contribution in [0.25, 0.3) is 0 Å². The van der Waals surface area contributed by atoms with Crippen molar-refractivity contribution < 1.29 is 13.6 Å². The minimum Gasteiger partial charge on any atom is -0.411 e. The van der Waals surface area contributed by atoms with Crippen LogP contribution >= 0.6 is 27.3 Å². The highest BCUT2D eigenvalue weighted by Gasteiger charge is 2.29. The van der Waals surface area contributed by atoms with Gasteiger partial charge in [0.2, 0.25) is 0 Å². The monoisotopic (exact) mass is 338 g/mol. The van der Waals surface area contributed by atoms with Crippen molar-refractivity contribution in [2.24, 2.45) is 5.16 Å². The predicted molar refractivity (Wildman–Crippen MR) is 69.2 cm³/mol. The normalized spacial score (nSPS) is 18.3. The van der Waals surface area contributed by atoms with Gasteiger partial charge in [-0.25, -0.2) is 8.42 Å². The molecule has 5 nitrogen and oxygen atoms in total. The van der Waals surface area contributed by atoms with E-state index in [2.05, 4.69) is 21.1 Å². The van der Waals surface area contributed by atoms with E-state index in [9.17, 15) is 8.42 Å². The number of rotatable bonds is 2. The van der Waals surface area contributed by atoms with Crippen LogP contribution in [-0.2, 0) is 10.0 Å². The van der Waals surface area contributed by atoms with Gasteiger partial charge >= 0.3 is 0 Å². The molecule has 0 unspecified atom stereocenters. The summed E-state index contributed by atoms with van der Waals surface area (Å²) in [5.74, 6) is 0. The fourth-order valence-corrected chi connectivity index (χ4v) is 5.25. The van der Waals surface area contributed by atoms with Gasteiger partial charge in [-0.15, -0.1) is 11.3 Å². The van der Waals surface area contributed by atoms with E-state index in [1.807, 2.05) is 0 Å². The van der Waals surface area contributed by atoms with Crippen LogP contribution in [0.15, 0.2) is 25.3 Å². The second kappa shape index (κ2) is 5.05. The molecule has 8 heteroatoms. The molecule has 94 valence electrons. The van der Waals surface area contributed by atoms with E-state index in [-0.39, 0.29) is 0 Å². The van der Waals surface area contributed by atoms with Crippen molar-refractivity contribution in [3.63, 3.8) is 0 Å². The van der Waals surface area contributed by atoms with Gasteiger partial charge in [-0.3, -0.25) is 0 Å². The minimum absolute atomic E-state index is 0.341. The molecule has 0 saturated carbocycles. The first-order chi connectivity index (χ1) is 8.04. The molecular weight excluding hydrogens is 328 g/mol. The molecule has 1 aromatic heterocycles. The molecule has 2 rings (SSSR count). The molecule has 1 fully saturated rings. The van der Waals surface area contributed by atoms with Crippen LogP contribution in [-0.4, -0.2) is 36.7 Å². The molecule has 1 saturated heterocycles. The highest BCUT2D eigenvalue weighted by molar-refractivity contribution is 9.11. The zero-order valence-corrected chi connectivity index (χ0v) is 12.1. The highest BCUT2D eigenvalue weighted by atomic mass is 79.9. The highest BCUT2D eigenvalue weighted by Crippen LogP contribution is 2.29. The molecule has 1 aromatic rings. The summed E-state index contributed by atoms with van der Waals surface area (Å²) in [4.78, 5) is 0. The lowest BCUT2D eigenvalue weighted by Gasteiger charge is -2.25. The Balaban J connectivity index is 2.18. The topological polar surface area (TPSA) is 70.0 Å². The zero-order valence-electron chi connectivity index (χ0n) is 8.84. The Bertz CT molecular complexity index is 528. The van der Waals surface area contributed by atoms with Gasteiger partial charge in [0.05, 0.1) is 9.50 Å². The molecule has 0 radical (unpaired) electrons. The summed E-state index contributed by atoms with van der Waals surface area (Å²) in [7, 11) is -3.39. The molecule has 0 amide bonds. The predicted octanol–water partition coefficient (Wildman–Crippen LogP) is 2.13. The quantitative estimate of drug-likeness (QED) is 0.663. The van der Waals surface area contributed by atoms with E-state index < -0.39 is 10.0 Å². The number of nitrogens with zero attached hydrogens (tertiary/aromatic N) is 2. The van der Waals surface area contributed by atoms with E-state index in [0.29, 0.717) is 35.9 Å². The summed E-state index contributed by atoms with van der Waals surface area (Å²) in [6.07, 6.45) is 0.977. The Kier molecular flexibility index (Phi) is 3.86. The number of sulfonamides is 1. The Hall–Kier alpha value is -0.440. The summed E-state index contributed by atoms with van der Waals surface area (Å²) >= 11 is 4.46. The second-order valence-corrected chi connectivity index (χ2v) is 8.26. The van der Waals surface area contributed by atoms with Crippen molar-refractivity contribution >= 4 is 43.0 Å². The SMILES string of the molecule is O=S(=O)(c1ccc(Br)s1)N1CCC(=NO)CC1. The van der Waals surface area contributed by atoms with E-state index in [4.69, 9.17) is 5.21 Å². The summed E-state index contributed by atoms with van der Waals surface area (Å²) in [6, 6.07) is 3.32. The van der Waals surface area contributed by atoms with E-state index in [1.54, 1.807) is 12.1 Å². The standard InChI is InChI=1S/C9H11BrN2O3S2/c10-8-1-2-9(16-8)17(14,15)12-5-3-7(11-13)4-6-12/h1-2,13H,3-6H2. The number of piperidine rings is 1. The number of thiophene rings is 1. The molecule has 0 aromatic carbocycles. The van der Waals surface area contributed by atoms with Gasteiger partial charge in [0.15, 0.2) is 0 Å². The Morgan fingerprint density at radius 2 is 2.00 bits per heavy atom. The van der Waals surface area contributed by atoms with Crippen LogP contribution in [0.1, 0.15) is 12.8 Å². The Morgan fingerprint density at radius 3 is 2.47 bits per heavy atom. The van der Waals surface area contributed by atoms with Crippen LogP contribution in [0, 0.1) is 0 Å². The largest absolute Gasteiger partial charge is 0.411 e. The zero-order chi connectivity index (χ0) is 12.5. The lowest BCUT2D eigenvalue weighted by atomic mass is 10.1. The number of oxime groups is 1. The molecule has 0 atom stereocenters. The fraction of sp³-hybridized carbons (Fsp3) is 0.444. The number of halogens is 1. The lowest BCUT2D eigenvalue weighted by Crippen LogP contribution is -2.38. The molecule has 0 aliphatic carbocycles. The van der Waals surface area contributed by atoms with Gasteiger partial charge in [-0.05, 0) is 28.1 Å². The van der Waals surface area contributed by atoms with Crippen LogP contribution < -0.4 is 0 Å². The van der Waals surface area contributed by atoms with Crippen molar-refractivity contribution in [3.05, 3.63) is 15.9 Å². The van der Waals surface area contributed by atoms with Crippen molar-refractivity contribution in [1.82, 2.24) is 4.31 Å². The summed E-state index contributed by atoms with van der Waals surface area (Å²) in [6.45, 7) is 0.745. The van der Waals surface area contributed by atoms with Gasteiger partial charge in [0, 0.05) is 25.9 Å². The van der Waals surface area contributed by atoms with Gasteiger partial charge in [0.1, 0.15) is 4.21 Å². The third kappa shape index (κ3) is 2.70. The van der Waals surface area contributed by atoms with Crippen molar-refractivity contribution in [2.45, 2.75) is 17.1 Å². The molecule has 2 heterocycles. The van der Waals surface area contributed by atoms with E-state index in [1.165, 1.54) is 15.6 Å². The van der Waals surface area contributed by atoms with Crippen LogP contribution in [0.2, 0.25) is 0 Å². The summed E-state index contributed by atoms with van der Waals surface area (Å²) in [5.41, 5.74) is 0.656. The average molecular weight is 339 g/mol. The maximum Gasteiger partial charge on any atom is 0.252 e. The number of hydrogen-bond donors (Lipinski definition) is 1. The molecule has 0 bridgehead atoms. The summed E-state index contributed by atoms with van der Waals surface area (Å²) in [5, 5.41) is 11.7. The molecule has 0 spiro atoms. The van der Waals surface area contributed by atoms with E-state index in [0.717, 1.165) is 3.79 Å². The van der Waals surface area contributed by atoms with Crippen LogP contribution in [0.4, 0.5) is 0 Å². The fourth-order valence-electron chi connectivity index (χ4n) is 1.65. The van der Waals surface area contributed by atoms with Crippen molar-refractivity contribution in [3.8, 4) is 0 Å². The van der Waals surface area contributed by atoms with Gasteiger partial charge in [0.25, 0.3) is 10.0 Å². The van der Waals surface area contributed by atoms with E-state index >= 15 is 0 Å². The van der Waals surface area contributed by atoms with Gasteiger partial charge < -0.3 is 5.21 Å². The van der Waals surface area contributed by atoms with Gasteiger partial charge in [-0.1, -0.05) is 5.16 Å². The lowest BCUT2D eigenvalue weighted by molar-refractivity contribution is 0.310. The van der Waals surface area contributed by atoms with Crippen LogP contribution in [0.5, 0.6) is 0 Å². The maximum atomic E-state index is 12.2. The number of hydrogen-bond acceptors (Lipinski definition) is 5. The van der Waals surface area contributed by atoms with Crippen LogP contribution in [0.3, 0.4) is 0 Å². The average Bonchev–Trinajstić information content (AvgIpc) is 2.77. The third-order valence-electron chi connectivity index (χ3n) is 2.58. The minimum atomic E-state index is -3.39. The first-order valence-electron chi connectivity index (χ1n) is 4.99. The molecule has 1 aliphatic rings. The maximum absolute atomic E-state index is 12.2. The second-order valence-electron chi connectivity index (χ2n) is 3.63. The molecule has 1 aliphatic heterocycles. The van der Waals surface area contributed by atoms with Crippen molar-refractivity contribution in [1.29, 1.82) is 0 Å². The smallest absolute Gasteiger partial charge is 0.252 e. The summed E-state index contributed by atoms with van der Waals surface area (Å²) < 4.78 is 27.0. The van der Waals surface area contributed by atoms with Crippen molar-refractivity contribution in [2.75, 3.05) is 13.1 Å². The van der Waals surface area contributed by atoms with Gasteiger partial charge in [-0.2, -0.15) is 4.31 Å². The first kappa shape index (κ1) is 13.0. The molecule has 17 heavy (non-hydrogen) atoms. The first-order valence-corrected chi connectivity index (χ1v) is 8.04. The molecular formula is C9H11BrN2O3S2. The Labute approximate surface area is 112 Å². The Morgan fingerprint density at radius 1 is 1.35 bits per heavy atom. The molecule has 1 N–H and O–H groups in total. The third-order valence-corrected chi connectivity index (χ3v) is 6.57.